The van der Waals surface area contributed by atoms with E-state index in [1.807, 2.05) is 34.0 Å². The van der Waals surface area contributed by atoms with E-state index >= 15 is 0 Å². The Morgan fingerprint density at radius 3 is 0.905 bits per heavy atom. The normalized spacial score (nSPS) is 11.6. The molecule has 0 saturated heterocycles. The van der Waals surface area contributed by atoms with Crippen molar-refractivity contribution in [3.63, 3.8) is 0 Å². The fourth-order valence-corrected chi connectivity index (χ4v) is 15.8. The van der Waals surface area contributed by atoms with Crippen LogP contribution in [0.2, 0.25) is 0 Å². The molecule has 0 radical (unpaired) electrons. The zero-order valence-corrected chi connectivity index (χ0v) is 48.0. The molecule has 396 valence electrons. The van der Waals surface area contributed by atoms with E-state index in [0.717, 1.165) is 51.2 Å². The Hall–Kier alpha value is -10.1. The van der Waals surface area contributed by atoms with Crippen molar-refractivity contribution < 1.29 is 0 Å². The lowest BCUT2D eigenvalue weighted by Crippen LogP contribution is -2.16. The van der Waals surface area contributed by atoms with Gasteiger partial charge < -0.3 is 14.7 Å². The molecular formula is C78H51N3S3. The van der Waals surface area contributed by atoms with Crippen LogP contribution in [0.1, 0.15) is 0 Å². The van der Waals surface area contributed by atoms with Gasteiger partial charge in [-0.15, -0.1) is 34.0 Å². The van der Waals surface area contributed by atoms with Crippen LogP contribution in [-0.4, -0.2) is 0 Å². The number of rotatable bonds is 12. The van der Waals surface area contributed by atoms with Gasteiger partial charge in [-0.2, -0.15) is 0 Å². The van der Waals surface area contributed by atoms with E-state index in [-0.39, 0.29) is 0 Å². The monoisotopic (exact) mass is 1130 g/mol. The second kappa shape index (κ2) is 21.0. The molecule has 0 bridgehead atoms. The fourth-order valence-electron chi connectivity index (χ4n) is 12.3. The second-order valence-corrected chi connectivity index (χ2v) is 24.4. The Labute approximate surface area is 499 Å². The second-order valence-electron chi connectivity index (χ2n) is 21.2. The van der Waals surface area contributed by atoms with Crippen LogP contribution in [-0.2, 0) is 0 Å². The predicted molar refractivity (Wildman–Crippen MR) is 365 cm³/mol. The van der Waals surface area contributed by atoms with E-state index in [2.05, 4.69) is 324 Å². The van der Waals surface area contributed by atoms with Gasteiger partial charge in [0.25, 0.3) is 0 Å². The van der Waals surface area contributed by atoms with Crippen LogP contribution >= 0.6 is 34.0 Å². The van der Waals surface area contributed by atoms with E-state index in [1.54, 1.807) is 0 Å². The quantitative estimate of drug-likeness (QED) is 0.121. The molecule has 0 amide bonds. The van der Waals surface area contributed by atoms with Crippen LogP contribution in [0.5, 0.6) is 0 Å². The first-order valence-electron chi connectivity index (χ1n) is 28.4. The Morgan fingerprint density at radius 2 is 0.488 bits per heavy atom. The summed E-state index contributed by atoms with van der Waals surface area (Å²) in [5.74, 6) is 0. The van der Waals surface area contributed by atoms with Gasteiger partial charge in [0.2, 0.25) is 0 Å². The summed E-state index contributed by atoms with van der Waals surface area (Å²) in [4.78, 5) is 7.22. The number of hydrogen-bond donors (Lipinski definition) is 0. The summed E-state index contributed by atoms with van der Waals surface area (Å²) >= 11 is 5.60. The molecule has 0 fully saturated rings. The summed E-state index contributed by atoms with van der Waals surface area (Å²) in [7, 11) is 0. The first-order valence-corrected chi connectivity index (χ1v) is 30.8. The van der Waals surface area contributed by atoms with E-state index < -0.39 is 0 Å². The van der Waals surface area contributed by atoms with Gasteiger partial charge in [-0.1, -0.05) is 188 Å². The molecule has 6 heteroatoms. The van der Waals surface area contributed by atoms with Crippen molar-refractivity contribution in [2.45, 2.75) is 0 Å². The molecule has 0 N–H and O–H groups in total. The number of anilines is 9. The van der Waals surface area contributed by atoms with E-state index in [1.165, 1.54) is 93.9 Å². The number of benzene rings is 13. The molecule has 0 unspecified atom stereocenters. The van der Waals surface area contributed by atoms with Crippen molar-refractivity contribution in [2.24, 2.45) is 0 Å². The third kappa shape index (κ3) is 8.87. The van der Waals surface area contributed by atoms with Crippen LogP contribution in [0, 0.1) is 0 Å². The molecule has 3 heterocycles. The summed E-state index contributed by atoms with van der Waals surface area (Å²) < 4.78 is 7.84. The van der Waals surface area contributed by atoms with Crippen molar-refractivity contribution in [3.8, 4) is 33.4 Å². The summed E-state index contributed by atoms with van der Waals surface area (Å²) in [5, 5.41) is 7.80. The van der Waals surface area contributed by atoms with Crippen LogP contribution in [0.25, 0.3) is 93.9 Å². The molecule has 16 aromatic rings. The van der Waals surface area contributed by atoms with Crippen LogP contribution in [0.3, 0.4) is 0 Å². The first kappa shape index (κ1) is 49.7. The van der Waals surface area contributed by atoms with Gasteiger partial charge >= 0.3 is 0 Å². The summed E-state index contributed by atoms with van der Waals surface area (Å²) in [6.45, 7) is 0. The Morgan fingerprint density at radius 1 is 0.179 bits per heavy atom. The standard InChI is InChI=1S/C78H51N3S3/c1-4-18-56(19-5-1)79(59-41-34-52(35-42-59)55-40-47-76-72(48-55)69-26-12-13-31-73(69)82-76)62-49-63(80(57-20-6-2-7-21-57)60-43-36-53(37-44-60)65-27-16-29-70-67-24-10-14-32-74(67)83-77(65)70)51-64(50-62)81(58-22-8-3-9-23-58)61-45-38-54(39-46-61)66-28-17-30-71-68-25-11-15-33-75(68)84-78(66)71/h1-51H. The van der Waals surface area contributed by atoms with Gasteiger partial charge in [0.15, 0.2) is 0 Å². The van der Waals surface area contributed by atoms with Crippen LogP contribution in [0.15, 0.2) is 309 Å². The zero-order valence-electron chi connectivity index (χ0n) is 45.5. The maximum absolute atomic E-state index is 2.41. The highest BCUT2D eigenvalue weighted by atomic mass is 32.1. The molecule has 16 rings (SSSR count). The van der Waals surface area contributed by atoms with Gasteiger partial charge in [0.05, 0.1) is 17.1 Å². The molecule has 0 aliphatic heterocycles. The van der Waals surface area contributed by atoms with Crippen molar-refractivity contribution in [3.05, 3.63) is 309 Å². The maximum Gasteiger partial charge on any atom is 0.0503 e. The average molecular weight is 1130 g/mol. The number of thiophene rings is 3. The molecule has 0 aliphatic carbocycles. The van der Waals surface area contributed by atoms with Crippen LogP contribution < -0.4 is 14.7 Å². The lowest BCUT2D eigenvalue weighted by Gasteiger charge is -2.33. The van der Waals surface area contributed by atoms with Gasteiger partial charge in [-0.3, -0.25) is 0 Å². The first-order chi connectivity index (χ1) is 41.6. The zero-order chi connectivity index (χ0) is 55.5. The van der Waals surface area contributed by atoms with Gasteiger partial charge in [0, 0.05) is 94.6 Å². The molecule has 3 nitrogen and oxygen atoms in total. The summed E-state index contributed by atoms with van der Waals surface area (Å²) in [6.07, 6.45) is 0. The largest absolute Gasteiger partial charge is 0.310 e. The topological polar surface area (TPSA) is 9.72 Å². The van der Waals surface area contributed by atoms with E-state index in [9.17, 15) is 0 Å². The van der Waals surface area contributed by atoms with Crippen molar-refractivity contribution in [2.75, 3.05) is 14.7 Å². The lowest BCUT2D eigenvalue weighted by atomic mass is 10.0. The van der Waals surface area contributed by atoms with Crippen molar-refractivity contribution in [1.82, 2.24) is 0 Å². The van der Waals surface area contributed by atoms with Crippen molar-refractivity contribution in [1.29, 1.82) is 0 Å². The minimum absolute atomic E-state index is 1.01. The third-order valence-electron chi connectivity index (χ3n) is 16.2. The highest BCUT2D eigenvalue weighted by molar-refractivity contribution is 7.27. The Kier molecular flexibility index (Phi) is 12.4. The highest BCUT2D eigenvalue weighted by Gasteiger charge is 2.24. The van der Waals surface area contributed by atoms with Gasteiger partial charge in [-0.25, -0.2) is 0 Å². The lowest BCUT2D eigenvalue weighted by molar-refractivity contribution is 1.22. The number of nitrogens with zero attached hydrogens (tertiary/aromatic N) is 3. The van der Waals surface area contributed by atoms with E-state index in [0.29, 0.717) is 0 Å². The maximum atomic E-state index is 2.41. The average Bonchev–Trinajstić information content (AvgIpc) is 3.76. The number of hydrogen-bond acceptors (Lipinski definition) is 6. The predicted octanol–water partition coefficient (Wildman–Crippen LogP) is 24.2. The molecular weight excluding hydrogens is 1080 g/mol. The SMILES string of the molecule is c1ccc(N(c2ccc(-c3ccc4sc5ccccc5c4c3)cc2)c2cc(N(c3ccccc3)c3ccc(-c4cccc5c4sc4ccccc45)cc3)cc(N(c3ccccc3)c3ccc(-c4cccc5c4sc4ccccc45)cc3)c2)cc1. The molecule has 0 aliphatic rings. The highest BCUT2D eigenvalue weighted by Crippen LogP contribution is 2.49. The van der Waals surface area contributed by atoms with Gasteiger partial charge in [-0.05, 0) is 155 Å². The fraction of sp³-hybridized carbons (Fsp3) is 0. The van der Waals surface area contributed by atoms with Gasteiger partial charge in [0.1, 0.15) is 0 Å². The summed E-state index contributed by atoms with van der Waals surface area (Å²) in [5.41, 5.74) is 16.6. The molecule has 13 aromatic carbocycles. The summed E-state index contributed by atoms with van der Waals surface area (Å²) in [6, 6.07) is 113. The van der Waals surface area contributed by atoms with Crippen LogP contribution in [0.4, 0.5) is 51.2 Å². The Bertz CT molecular complexity index is 4850. The molecule has 0 spiro atoms. The number of para-hydroxylation sites is 3. The third-order valence-corrected chi connectivity index (χ3v) is 19.8. The minimum atomic E-state index is 1.01. The van der Waals surface area contributed by atoms with Crippen molar-refractivity contribution >= 4 is 146 Å². The molecule has 0 atom stereocenters. The minimum Gasteiger partial charge on any atom is -0.310 e. The van der Waals surface area contributed by atoms with E-state index in [4.69, 9.17) is 0 Å². The smallest absolute Gasteiger partial charge is 0.0503 e. The molecule has 3 aromatic heterocycles. The molecule has 84 heavy (non-hydrogen) atoms. The number of fused-ring (bicyclic) bond motifs is 9. The molecule has 0 saturated carbocycles. The Balaban J connectivity index is 0.872.